The first kappa shape index (κ1) is 62.6. The average Bonchev–Trinajstić information content (AvgIpc) is 1.14. The number of amides is 1. The number of benzene rings is 5. The molecule has 1 amide bonds. The van der Waals surface area contributed by atoms with Crippen molar-refractivity contribution >= 4 is 54.6 Å². The number of likely N-dealkylation sites (tertiary alicyclic amines) is 1. The van der Waals surface area contributed by atoms with Crippen molar-refractivity contribution in [3.05, 3.63) is 124 Å². The van der Waals surface area contributed by atoms with Crippen LogP contribution in [0.5, 0.6) is 29.0 Å². The van der Waals surface area contributed by atoms with Crippen molar-refractivity contribution in [1.82, 2.24) is 49.8 Å². The van der Waals surface area contributed by atoms with Crippen LogP contribution in [-0.4, -0.2) is 155 Å². The number of halogens is 2. The number of sulfonamides is 1. The van der Waals surface area contributed by atoms with Gasteiger partial charge in [-0.05, 0) is 143 Å². The Labute approximate surface area is 525 Å². The van der Waals surface area contributed by atoms with Crippen LogP contribution in [0.3, 0.4) is 0 Å². The summed E-state index contributed by atoms with van der Waals surface area (Å²) >= 11 is 0. The van der Waals surface area contributed by atoms with Crippen LogP contribution in [0.4, 0.5) is 8.78 Å². The van der Waals surface area contributed by atoms with Gasteiger partial charge in [-0.1, -0.05) is 35.4 Å². The molecule has 21 nitrogen and oxygen atoms in total. The number of fused-ring (bicyclic) bond motifs is 6. The minimum atomic E-state index is -4.11. The lowest BCUT2D eigenvalue weighted by molar-refractivity contribution is -0.143. The molecule has 7 heterocycles. The van der Waals surface area contributed by atoms with Crippen molar-refractivity contribution in [1.29, 1.82) is 0 Å². The van der Waals surface area contributed by atoms with Gasteiger partial charge in [-0.15, -0.1) is 11.5 Å². The van der Waals surface area contributed by atoms with Crippen molar-refractivity contribution in [2.24, 2.45) is 7.05 Å². The number of carbonyl (C=O) groups is 2. The molecule has 24 heteroatoms. The zero-order chi connectivity index (χ0) is 63.9. The van der Waals surface area contributed by atoms with E-state index in [1.54, 1.807) is 44.8 Å². The summed E-state index contributed by atoms with van der Waals surface area (Å²) in [5, 5.41) is 26.9. The number of aromatic hydroxyl groups is 1. The number of hydrogen-bond acceptors (Lipinski definition) is 18. The van der Waals surface area contributed by atoms with E-state index in [0.717, 1.165) is 47.9 Å². The summed E-state index contributed by atoms with van der Waals surface area (Å²) in [6.45, 7) is 6.79. The number of nitrogens with one attached hydrogen (secondary N) is 2. The van der Waals surface area contributed by atoms with E-state index in [4.69, 9.17) is 39.8 Å². The molecular weight excluding hydrogens is 1190 g/mol. The number of rotatable bonds is 21. The molecular formula is C67H72F2N10O11S. The van der Waals surface area contributed by atoms with E-state index in [1.807, 2.05) is 49.2 Å². The number of nitrogens with zero attached hydrogens (tertiary/aromatic N) is 8. The first-order chi connectivity index (χ1) is 43.9. The second kappa shape index (κ2) is 25.9. The van der Waals surface area contributed by atoms with E-state index >= 15 is 8.78 Å². The van der Waals surface area contributed by atoms with Gasteiger partial charge in [-0.25, -0.2) is 21.9 Å². The molecule has 4 aliphatic rings. The Kier molecular flexibility index (Phi) is 17.8. The fourth-order valence-electron chi connectivity index (χ4n) is 13.5. The third-order valence-electron chi connectivity index (χ3n) is 18.1. The molecule has 0 spiro atoms. The highest BCUT2D eigenvalue weighted by Crippen LogP contribution is 2.44. The Morgan fingerprint density at radius 2 is 1.80 bits per heavy atom. The van der Waals surface area contributed by atoms with Crippen LogP contribution in [0.25, 0.3) is 44.0 Å². The SMILES string of the molecule is C#Cc1c(F)ccc2cc(O)cc(-c3ncc4c(C5C[C@H]6CC[C@@H](C5)N6)nc(OC[C@]5(C(=O)NCCOCCOc6ccc7c(c6)O[C@H](C)CN(Cc6cc(C(CC(=O)OCC)c8cc(OC)c9c(c8)nnn9C)ccc6C)S7(=O)=O)CCCN5C)nc4c3F)c12. The first-order valence-electron chi connectivity index (χ1n) is 30.7. The number of ether oxygens (including phenoxy) is 6. The summed E-state index contributed by atoms with van der Waals surface area (Å²) in [6, 6.07) is 20.0. The van der Waals surface area contributed by atoms with Gasteiger partial charge in [-0.3, -0.25) is 19.5 Å². The third-order valence-corrected chi connectivity index (χ3v) is 20.0. The molecule has 3 saturated heterocycles. The second-order valence-electron chi connectivity index (χ2n) is 24.0. The average molecular weight is 1260 g/mol. The predicted octanol–water partition coefficient (Wildman–Crippen LogP) is 8.52. The number of piperidine rings is 1. The van der Waals surface area contributed by atoms with E-state index < -0.39 is 45.2 Å². The number of terminal acetylenes is 1. The topological polar surface area (TPSA) is 244 Å². The summed E-state index contributed by atoms with van der Waals surface area (Å²) in [6.07, 6.45) is 11.5. The molecule has 0 saturated carbocycles. The normalized spacial score (nSPS) is 20.8. The van der Waals surface area contributed by atoms with E-state index in [1.165, 1.54) is 40.8 Å². The second-order valence-corrected chi connectivity index (χ2v) is 25.9. The summed E-state index contributed by atoms with van der Waals surface area (Å²) in [5.74, 6) is 0.512. The number of phenolic OH excluding ortho intramolecular Hbond substituents is 1. The van der Waals surface area contributed by atoms with Crippen LogP contribution >= 0.6 is 0 Å². The summed E-state index contributed by atoms with van der Waals surface area (Å²) in [5.41, 5.74) is 3.63. The number of phenols is 1. The van der Waals surface area contributed by atoms with Crippen molar-refractivity contribution in [2.75, 3.05) is 66.8 Å². The number of methoxy groups -OCH3 is 1. The molecule has 0 aliphatic carbocycles. The summed E-state index contributed by atoms with van der Waals surface area (Å²) in [7, 11) is 1.08. The zero-order valence-electron chi connectivity index (χ0n) is 51.6. The predicted molar refractivity (Wildman–Crippen MR) is 335 cm³/mol. The molecule has 2 bridgehead atoms. The molecule has 91 heavy (non-hydrogen) atoms. The van der Waals surface area contributed by atoms with Gasteiger partial charge in [0.1, 0.15) is 80.8 Å². The lowest BCUT2D eigenvalue weighted by atomic mass is 9.86. The van der Waals surface area contributed by atoms with E-state index in [9.17, 15) is 23.1 Å². The van der Waals surface area contributed by atoms with Crippen molar-refractivity contribution in [3.63, 3.8) is 0 Å². The molecule has 3 aromatic heterocycles. The van der Waals surface area contributed by atoms with Crippen LogP contribution in [-0.2, 0) is 42.7 Å². The van der Waals surface area contributed by atoms with E-state index in [-0.39, 0.29) is 133 Å². The smallest absolute Gasteiger partial charge is 0.317 e. The standard InChI is InChI=1S/C67H72F2N10O11S/c1-8-49-53(68)17-13-41-28-47(80)31-51(59(41)49)62-60(69)63-52(34-71-62)61(43-26-45-14-15-46(27-43)72-45)73-66(74-63)89-37-67(19-10-21-77(67)5)65(82)70-20-22-86-23-24-88-48-16-18-57-55(32-48)90-39(4)35-79(91(57,83)84)36-44-25-40(12-11-38(44)3)50(33-58(81)87-9-2)42-29-54-64(56(30-42)85-7)78(6)76-75-54/h1,11-13,16-18,25,28-32,34,39,43,45-46,50,72,80H,9-10,14-15,19-24,26-27,33,35-37H2,2-7H3,(H,70,82)/t39-,43?,45-,46+,50?,67+/m1/s1. The maximum Gasteiger partial charge on any atom is 0.317 e. The molecule has 0 radical (unpaired) electrons. The van der Waals surface area contributed by atoms with Gasteiger partial charge >= 0.3 is 12.0 Å². The molecule has 8 aromatic rings. The Bertz CT molecular complexity index is 4290. The van der Waals surface area contributed by atoms with Gasteiger partial charge in [0.25, 0.3) is 0 Å². The lowest BCUT2D eigenvalue weighted by Crippen LogP contribution is -2.58. The van der Waals surface area contributed by atoms with Crippen LogP contribution in [0.15, 0.2) is 83.9 Å². The monoisotopic (exact) mass is 1260 g/mol. The van der Waals surface area contributed by atoms with E-state index in [0.29, 0.717) is 58.4 Å². The maximum atomic E-state index is 17.3. The molecule has 5 aromatic carbocycles. The molecule has 12 rings (SSSR count). The Balaban J connectivity index is 0.690. The highest BCUT2D eigenvalue weighted by Gasteiger charge is 2.47. The van der Waals surface area contributed by atoms with Gasteiger partial charge in [0.2, 0.25) is 15.9 Å². The lowest BCUT2D eigenvalue weighted by Gasteiger charge is -2.34. The highest BCUT2D eigenvalue weighted by atomic mass is 32.2. The largest absolute Gasteiger partial charge is 0.508 e. The Morgan fingerprint density at radius 3 is 2.56 bits per heavy atom. The first-order valence-corrected chi connectivity index (χ1v) is 32.1. The molecule has 476 valence electrons. The highest BCUT2D eigenvalue weighted by molar-refractivity contribution is 7.89. The van der Waals surface area contributed by atoms with Crippen LogP contribution < -0.4 is 29.6 Å². The van der Waals surface area contributed by atoms with Crippen molar-refractivity contribution in [2.45, 2.75) is 113 Å². The number of aromatic nitrogens is 6. The third kappa shape index (κ3) is 12.4. The van der Waals surface area contributed by atoms with Crippen LogP contribution in [0, 0.1) is 30.9 Å². The van der Waals surface area contributed by atoms with Crippen molar-refractivity contribution in [3.8, 4) is 52.6 Å². The van der Waals surface area contributed by atoms with Crippen LogP contribution in [0.2, 0.25) is 0 Å². The quantitative estimate of drug-likeness (QED) is 0.0347. The molecule has 2 unspecified atom stereocenters. The fraction of sp³-hybridized carbons (Fsp3) is 0.418. The zero-order valence-corrected chi connectivity index (χ0v) is 52.4. The molecule has 3 N–H and O–H groups in total. The molecule has 4 aliphatic heterocycles. The summed E-state index contributed by atoms with van der Waals surface area (Å²) in [4.78, 5) is 43.5. The number of hydrogen-bond donors (Lipinski definition) is 3. The molecule has 3 fully saturated rings. The van der Waals surface area contributed by atoms with Gasteiger partial charge in [0.15, 0.2) is 5.82 Å². The Morgan fingerprint density at radius 1 is 0.989 bits per heavy atom. The van der Waals surface area contributed by atoms with Gasteiger partial charge in [-0.2, -0.15) is 14.3 Å². The minimum Gasteiger partial charge on any atom is -0.508 e. The van der Waals surface area contributed by atoms with Gasteiger partial charge < -0.3 is 44.2 Å². The molecule has 6 atom stereocenters. The van der Waals surface area contributed by atoms with Gasteiger partial charge in [0.05, 0.1) is 51.2 Å². The number of esters is 1. The van der Waals surface area contributed by atoms with Gasteiger partial charge in [0, 0.05) is 72.7 Å². The number of carbonyl (C=O) groups excluding carboxylic acids is 2. The van der Waals surface area contributed by atoms with Crippen LogP contribution in [0.1, 0.15) is 104 Å². The number of likely N-dealkylation sites (N-methyl/N-ethyl adjacent to an activating group) is 1. The maximum absolute atomic E-state index is 17.3. The Hall–Kier alpha value is -8.60. The fourth-order valence-corrected chi connectivity index (χ4v) is 15.1. The van der Waals surface area contributed by atoms with Crippen molar-refractivity contribution < 1.29 is 60.3 Å². The van der Waals surface area contributed by atoms with E-state index in [2.05, 4.69) is 36.8 Å². The number of pyridine rings is 1. The number of aryl methyl sites for hydroxylation is 2. The minimum absolute atomic E-state index is 0.0101. The summed E-state index contributed by atoms with van der Waals surface area (Å²) < 4.78 is 100.